The first-order valence-electron chi connectivity index (χ1n) is 7.31. The van der Waals surface area contributed by atoms with Gasteiger partial charge in [0.15, 0.2) is 11.4 Å². The first-order valence-corrected chi connectivity index (χ1v) is 7.31. The molecule has 0 amide bonds. The number of nitrogens with zero attached hydrogens (tertiary/aromatic N) is 3. The molecule has 0 aliphatic carbocycles. The number of benzene rings is 2. The van der Waals surface area contributed by atoms with Crippen molar-refractivity contribution in [1.82, 2.24) is 9.97 Å². The Balaban J connectivity index is 1.80. The third kappa shape index (κ3) is 2.30. The van der Waals surface area contributed by atoms with E-state index in [9.17, 15) is 4.39 Å². The number of rotatable bonds is 3. The second kappa shape index (κ2) is 5.35. The van der Waals surface area contributed by atoms with Crippen LogP contribution in [-0.4, -0.2) is 17.0 Å². The van der Waals surface area contributed by atoms with Crippen LogP contribution in [0.3, 0.4) is 0 Å². The molecule has 2 aromatic heterocycles. The zero-order valence-electron chi connectivity index (χ0n) is 12.5. The minimum absolute atomic E-state index is 0.228. The largest absolute Gasteiger partial charge is 0.450 e. The molecule has 0 aliphatic heterocycles. The molecule has 0 atom stereocenters. The predicted molar refractivity (Wildman–Crippen MR) is 87.8 cm³/mol. The lowest BCUT2D eigenvalue weighted by Gasteiger charge is -2.18. The number of anilines is 1. The van der Waals surface area contributed by atoms with E-state index in [-0.39, 0.29) is 5.82 Å². The fourth-order valence-electron chi connectivity index (χ4n) is 2.74. The summed E-state index contributed by atoms with van der Waals surface area (Å²) in [5.74, 6) is 0.420. The smallest absolute Gasteiger partial charge is 0.196 e. The molecule has 0 spiro atoms. The van der Waals surface area contributed by atoms with Crippen LogP contribution < -0.4 is 4.90 Å². The van der Waals surface area contributed by atoms with Gasteiger partial charge in [-0.25, -0.2) is 14.4 Å². The highest BCUT2D eigenvalue weighted by molar-refractivity contribution is 6.05. The molecule has 0 saturated carbocycles. The third-order valence-electron chi connectivity index (χ3n) is 3.87. The fraction of sp³-hybridized carbons (Fsp3) is 0.111. The number of para-hydroxylation sites is 1. The van der Waals surface area contributed by atoms with Gasteiger partial charge in [0.2, 0.25) is 0 Å². The van der Waals surface area contributed by atoms with Crippen molar-refractivity contribution in [3.63, 3.8) is 0 Å². The highest BCUT2D eigenvalue weighted by Crippen LogP contribution is 2.32. The van der Waals surface area contributed by atoms with E-state index in [1.165, 1.54) is 12.4 Å². The van der Waals surface area contributed by atoms with E-state index in [1.54, 1.807) is 12.1 Å². The van der Waals surface area contributed by atoms with Gasteiger partial charge in [-0.2, -0.15) is 0 Å². The predicted octanol–water partition coefficient (Wildman–Crippen LogP) is 4.15. The summed E-state index contributed by atoms with van der Waals surface area (Å²) < 4.78 is 19.8. The van der Waals surface area contributed by atoms with Gasteiger partial charge in [0.1, 0.15) is 23.2 Å². The number of hydrogen-bond donors (Lipinski definition) is 0. The van der Waals surface area contributed by atoms with Crippen LogP contribution in [-0.2, 0) is 6.54 Å². The Morgan fingerprint density at radius 3 is 2.70 bits per heavy atom. The SMILES string of the molecule is CN(Cc1ccccc1F)c1ncnc2c1oc1ccccc12. The number of hydrogen-bond acceptors (Lipinski definition) is 4. The monoisotopic (exact) mass is 307 g/mol. The van der Waals surface area contributed by atoms with E-state index in [2.05, 4.69) is 9.97 Å². The van der Waals surface area contributed by atoms with Crippen molar-refractivity contribution in [2.75, 3.05) is 11.9 Å². The van der Waals surface area contributed by atoms with Crippen LogP contribution in [0, 0.1) is 5.82 Å². The van der Waals surface area contributed by atoms with Crippen molar-refractivity contribution in [2.24, 2.45) is 0 Å². The molecule has 0 N–H and O–H groups in total. The molecule has 0 saturated heterocycles. The highest BCUT2D eigenvalue weighted by Gasteiger charge is 2.16. The number of aromatic nitrogens is 2. The van der Waals surface area contributed by atoms with E-state index in [0.717, 1.165) is 16.5 Å². The van der Waals surface area contributed by atoms with Crippen LogP contribution in [0.25, 0.3) is 22.1 Å². The summed E-state index contributed by atoms with van der Waals surface area (Å²) in [6.45, 7) is 0.399. The number of fused-ring (bicyclic) bond motifs is 3. The molecule has 2 heterocycles. The lowest BCUT2D eigenvalue weighted by molar-refractivity contribution is 0.606. The van der Waals surface area contributed by atoms with Crippen molar-refractivity contribution >= 4 is 27.9 Å². The molecular weight excluding hydrogens is 293 g/mol. The Bertz CT molecular complexity index is 996. The lowest BCUT2D eigenvalue weighted by atomic mass is 10.2. The molecular formula is C18H14FN3O. The lowest BCUT2D eigenvalue weighted by Crippen LogP contribution is -2.18. The Morgan fingerprint density at radius 2 is 1.83 bits per heavy atom. The zero-order valence-corrected chi connectivity index (χ0v) is 12.5. The molecule has 5 heteroatoms. The van der Waals surface area contributed by atoms with Crippen molar-refractivity contribution in [1.29, 1.82) is 0 Å². The third-order valence-corrected chi connectivity index (χ3v) is 3.87. The fourth-order valence-corrected chi connectivity index (χ4v) is 2.74. The van der Waals surface area contributed by atoms with Crippen LogP contribution in [0.15, 0.2) is 59.3 Å². The molecule has 0 bridgehead atoms. The van der Waals surface area contributed by atoms with Crippen molar-refractivity contribution in [2.45, 2.75) is 6.54 Å². The van der Waals surface area contributed by atoms with Crippen LogP contribution in [0.1, 0.15) is 5.56 Å². The Hall–Kier alpha value is -2.95. The zero-order chi connectivity index (χ0) is 15.8. The average molecular weight is 307 g/mol. The van der Waals surface area contributed by atoms with Gasteiger partial charge in [0, 0.05) is 24.5 Å². The van der Waals surface area contributed by atoms with Crippen molar-refractivity contribution in [3.8, 4) is 0 Å². The number of halogens is 1. The van der Waals surface area contributed by atoms with E-state index in [4.69, 9.17) is 4.42 Å². The maximum absolute atomic E-state index is 13.9. The van der Waals surface area contributed by atoms with E-state index >= 15 is 0 Å². The first kappa shape index (κ1) is 13.7. The minimum atomic E-state index is -0.228. The molecule has 4 rings (SSSR count). The molecule has 0 fully saturated rings. The van der Waals surface area contributed by atoms with Gasteiger partial charge >= 0.3 is 0 Å². The normalized spacial score (nSPS) is 11.2. The van der Waals surface area contributed by atoms with Gasteiger partial charge in [-0.15, -0.1) is 0 Å². The molecule has 0 aliphatic rings. The average Bonchev–Trinajstić information content (AvgIpc) is 2.95. The summed E-state index contributed by atoms with van der Waals surface area (Å²) in [5, 5.41) is 0.949. The van der Waals surface area contributed by atoms with Gasteiger partial charge < -0.3 is 9.32 Å². The Labute approximate surface area is 132 Å². The molecule has 4 nitrogen and oxygen atoms in total. The van der Waals surface area contributed by atoms with Gasteiger partial charge in [0.05, 0.1) is 0 Å². The topological polar surface area (TPSA) is 42.2 Å². The van der Waals surface area contributed by atoms with Crippen LogP contribution in [0.2, 0.25) is 0 Å². The maximum Gasteiger partial charge on any atom is 0.196 e. The van der Waals surface area contributed by atoms with E-state index in [0.29, 0.717) is 23.5 Å². The highest BCUT2D eigenvalue weighted by atomic mass is 19.1. The van der Waals surface area contributed by atoms with Crippen LogP contribution in [0.5, 0.6) is 0 Å². The van der Waals surface area contributed by atoms with Gasteiger partial charge in [-0.1, -0.05) is 30.3 Å². The summed E-state index contributed by atoms with van der Waals surface area (Å²) in [6, 6.07) is 14.5. The molecule has 0 unspecified atom stereocenters. The maximum atomic E-state index is 13.9. The molecule has 0 radical (unpaired) electrons. The van der Waals surface area contributed by atoms with Crippen LogP contribution in [0.4, 0.5) is 10.2 Å². The standard InChI is InChI=1S/C18H14FN3O/c1-22(10-12-6-2-4-8-14(12)19)18-17-16(20-11-21-18)13-7-3-5-9-15(13)23-17/h2-9,11H,10H2,1H3. The second-order valence-electron chi connectivity index (χ2n) is 5.42. The molecule has 114 valence electrons. The van der Waals surface area contributed by atoms with E-state index in [1.807, 2.05) is 42.3 Å². The molecule has 23 heavy (non-hydrogen) atoms. The minimum Gasteiger partial charge on any atom is -0.450 e. The Morgan fingerprint density at radius 1 is 1.04 bits per heavy atom. The molecule has 4 aromatic rings. The second-order valence-corrected chi connectivity index (χ2v) is 5.42. The Kier molecular flexibility index (Phi) is 3.19. The van der Waals surface area contributed by atoms with Gasteiger partial charge in [-0.3, -0.25) is 0 Å². The van der Waals surface area contributed by atoms with Gasteiger partial charge in [-0.05, 0) is 18.2 Å². The summed E-state index contributed by atoms with van der Waals surface area (Å²) in [5.41, 5.74) is 2.76. The summed E-state index contributed by atoms with van der Waals surface area (Å²) in [6.07, 6.45) is 1.51. The molecule has 2 aromatic carbocycles. The van der Waals surface area contributed by atoms with Gasteiger partial charge in [0.25, 0.3) is 0 Å². The van der Waals surface area contributed by atoms with Crippen molar-refractivity contribution < 1.29 is 8.81 Å². The summed E-state index contributed by atoms with van der Waals surface area (Å²) >= 11 is 0. The summed E-state index contributed by atoms with van der Waals surface area (Å²) in [7, 11) is 1.86. The summed E-state index contributed by atoms with van der Waals surface area (Å²) in [4.78, 5) is 10.5. The number of furan rings is 1. The van der Waals surface area contributed by atoms with Crippen LogP contribution >= 0.6 is 0 Å². The van der Waals surface area contributed by atoms with Crippen molar-refractivity contribution in [3.05, 3.63) is 66.2 Å². The quantitative estimate of drug-likeness (QED) is 0.570. The first-order chi connectivity index (χ1) is 11.2. The van der Waals surface area contributed by atoms with E-state index < -0.39 is 0 Å².